The summed E-state index contributed by atoms with van der Waals surface area (Å²) in [7, 11) is 2.41. The highest BCUT2D eigenvalue weighted by molar-refractivity contribution is 7.79. The van der Waals surface area contributed by atoms with Crippen molar-refractivity contribution < 1.29 is 27.4 Å². The average molecular weight is 406 g/mol. The zero-order chi connectivity index (χ0) is 20.3. The lowest BCUT2D eigenvalue weighted by Crippen LogP contribution is -2.26. The van der Waals surface area contributed by atoms with Gasteiger partial charge in [-0.15, -0.1) is 0 Å². The number of methoxy groups -OCH3 is 3. The first-order valence-electron chi connectivity index (χ1n) is 8.29. The van der Waals surface area contributed by atoms with E-state index in [-0.39, 0.29) is 15.9 Å². The molecule has 7 heteroatoms. The maximum Gasteiger partial charge on any atom is 0.135 e. The summed E-state index contributed by atoms with van der Waals surface area (Å²) in [6.07, 6.45) is 0. The lowest BCUT2D eigenvalue weighted by atomic mass is 10.3. The van der Waals surface area contributed by atoms with E-state index >= 15 is 0 Å². The molecule has 0 unspecified atom stereocenters. The Balaban J connectivity index is 2.23. The van der Waals surface area contributed by atoms with Crippen LogP contribution in [0.1, 0.15) is 0 Å². The summed E-state index contributed by atoms with van der Waals surface area (Å²) in [4.78, 5) is 0. The third-order valence-electron chi connectivity index (χ3n) is 4.19. The number of ether oxygens (including phenoxy) is 3. The van der Waals surface area contributed by atoms with E-state index < -0.39 is 25.4 Å². The van der Waals surface area contributed by atoms with Crippen molar-refractivity contribution in [1.82, 2.24) is 0 Å². The van der Waals surface area contributed by atoms with Crippen LogP contribution in [0.15, 0.2) is 54.6 Å². The van der Waals surface area contributed by atoms with Crippen LogP contribution in [0.5, 0.6) is 17.2 Å². The molecule has 0 amide bonds. The van der Waals surface area contributed by atoms with Crippen molar-refractivity contribution in [2.45, 2.75) is 0 Å². The van der Waals surface area contributed by atoms with Gasteiger partial charge in [0.25, 0.3) is 0 Å². The molecule has 0 spiro atoms. The summed E-state index contributed by atoms with van der Waals surface area (Å²) in [5.41, 5.74) is 0. The monoisotopic (exact) mass is 406 g/mol. The fourth-order valence-electron chi connectivity index (χ4n) is 2.78. The van der Waals surface area contributed by atoms with Gasteiger partial charge in [0.1, 0.15) is 34.7 Å². The van der Waals surface area contributed by atoms with E-state index in [1.54, 1.807) is 18.2 Å². The predicted octanol–water partition coefficient (Wildman–Crippen LogP) is 3.89. The molecule has 3 nitrogen and oxygen atoms in total. The summed E-state index contributed by atoms with van der Waals surface area (Å²) >= 11 is 0. The summed E-state index contributed by atoms with van der Waals surface area (Å²) in [5.74, 6) is -0.840. The molecule has 0 saturated carbocycles. The fraction of sp³-hybridized carbons (Fsp3) is 0.143. The maximum atomic E-state index is 14.9. The zero-order valence-corrected chi connectivity index (χ0v) is 16.4. The highest BCUT2D eigenvalue weighted by Crippen LogP contribution is 2.38. The minimum atomic E-state index is -1.85. The molecule has 3 aromatic carbocycles. The van der Waals surface area contributed by atoms with E-state index in [9.17, 15) is 13.2 Å². The highest BCUT2D eigenvalue weighted by atomic mass is 31.1. The molecule has 3 aromatic rings. The maximum absolute atomic E-state index is 14.9. The van der Waals surface area contributed by atoms with Crippen molar-refractivity contribution in [3.8, 4) is 17.2 Å². The topological polar surface area (TPSA) is 27.7 Å². The van der Waals surface area contributed by atoms with Crippen LogP contribution >= 0.6 is 7.92 Å². The quantitative estimate of drug-likeness (QED) is 0.582. The van der Waals surface area contributed by atoms with Gasteiger partial charge in [0.05, 0.1) is 21.3 Å². The number of halogens is 3. The third kappa shape index (κ3) is 3.92. The van der Waals surface area contributed by atoms with E-state index in [1.165, 1.54) is 57.7 Å². The molecule has 0 aromatic heterocycles. The summed E-state index contributed by atoms with van der Waals surface area (Å²) in [5, 5.41) is 0.553. The second kappa shape index (κ2) is 8.53. The smallest absolute Gasteiger partial charge is 0.135 e. The Morgan fingerprint density at radius 2 is 0.821 bits per heavy atom. The Hall–Kier alpha value is -2.72. The predicted molar refractivity (Wildman–Crippen MR) is 105 cm³/mol. The van der Waals surface area contributed by atoms with Gasteiger partial charge < -0.3 is 14.2 Å². The van der Waals surface area contributed by atoms with E-state index in [1.807, 2.05) is 0 Å². The van der Waals surface area contributed by atoms with Crippen LogP contribution in [0.2, 0.25) is 0 Å². The van der Waals surface area contributed by atoms with Crippen LogP contribution < -0.4 is 30.1 Å². The van der Waals surface area contributed by atoms with E-state index in [4.69, 9.17) is 14.2 Å². The van der Waals surface area contributed by atoms with Crippen molar-refractivity contribution in [2.75, 3.05) is 21.3 Å². The second-order valence-electron chi connectivity index (χ2n) is 5.79. The van der Waals surface area contributed by atoms with Gasteiger partial charge in [-0.2, -0.15) is 0 Å². The molecule has 0 atom stereocenters. The largest absolute Gasteiger partial charge is 0.497 e. The first kappa shape index (κ1) is 20.0. The minimum absolute atomic E-state index is 0.184. The second-order valence-corrected chi connectivity index (χ2v) is 7.90. The highest BCUT2D eigenvalue weighted by Gasteiger charge is 2.26. The molecule has 0 bridgehead atoms. The summed E-state index contributed by atoms with van der Waals surface area (Å²) in [6.45, 7) is 0. The van der Waals surface area contributed by atoms with Crippen LogP contribution in [0, 0.1) is 17.5 Å². The van der Waals surface area contributed by atoms with Gasteiger partial charge in [-0.1, -0.05) is 0 Å². The Kier molecular flexibility index (Phi) is 6.10. The van der Waals surface area contributed by atoms with Crippen molar-refractivity contribution >= 4 is 23.8 Å². The van der Waals surface area contributed by atoms with Gasteiger partial charge in [0, 0.05) is 34.1 Å². The average Bonchev–Trinajstić information content (AvgIpc) is 2.70. The van der Waals surface area contributed by atoms with Gasteiger partial charge in [0.15, 0.2) is 0 Å². The van der Waals surface area contributed by atoms with Gasteiger partial charge in [-0.3, -0.25) is 0 Å². The Labute approximate surface area is 162 Å². The van der Waals surface area contributed by atoms with Gasteiger partial charge in [-0.25, -0.2) is 13.2 Å². The molecule has 0 N–H and O–H groups in total. The minimum Gasteiger partial charge on any atom is -0.497 e. The van der Waals surface area contributed by atoms with Crippen LogP contribution in [-0.4, -0.2) is 21.3 Å². The van der Waals surface area contributed by atoms with Crippen molar-refractivity contribution in [3.63, 3.8) is 0 Å². The molecule has 0 fully saturated rings. The number of hydrogen-bond acceptors (Lipinski definition) is 3. The van der Waals surface area contributed by atoms with Crippen LogP contribution in [0.25, 0.3) is 0 Å². The standard InChI is InChI=1S/C21H18F3O3P/c1-25-13-4-7-19(16(22)10-13)28(20-8-5-14(26-2)11-17(20)23)21-9-6-15(27-3)12-18(21)24/h4-12H,1-3H3. The first-order valence-corrected chi connectivity index (χ1v) is 9.63. The van der Waals surface area contributed by atoms with Crippen LogP contribution in [0.3, 0.4) is 0 Å². The van der Waals surface area contributed by atoms with Crippen LogP contribution in [-0.2, 0) is 0 Å². The molecule has 0 radical (unpaired) electrons. The molecule has 0 aliphatic heterocycles. The molecule has 0 aliphatic rings. The van der Waals surface area contributed by atoms with Crippen molar-refractivity contribution in [2.24, 2.45) is 0 Å². The summed E-state index contributed by atoms with van der Waals surface area (Å²) < 4.78 is 59.7. The Bertz CT molecular complexity index is 867. The van der Waals surface area contributed by atoms with Crippen molar-refractivity contribution in [3.05, 3.63) is 72.0 Å². The summed E-state index contributed by atoms with van der Waals surface area (Å²) in [6, 6.07) is 12.8. The lowest BCUT2D eigenvalue weighted by Gasteiger charge is -2.22. The molecule has 146 valence electrons. The third-order valence-corrected chi connectivity index (χ3v) is 6.72. The Morgan fingerprint density at radius 3 is 1.04 bits per heavy atom. The normalized spacial score (nSPS) is 10.8. The van der Waals surface area contributed by atoms with E-state index in [2.05, 4.69) is 0 Å². The van der Waals surface area contributed by atoms with Gasteiger partial charge in [0.2, 0.25) is 0 Å². The first-order chi connectivity index (χ1) is 13.5. The van der Waals surface area contributed by atoms with Gasteiger partial charge in [-0.05, 0) is 44.3 Å². The number of rotatable bonds is 6. The number of hydrogen-bond donors (Lipinski definition) is 0. The Morgan fingerprint density at radius 1 is 0.536 bits per heavy atom. The van der Waals surface area contributed by atoms with Gasteiger partial charge >= 0.3 is 0 Å². The molecule has 0 saturated heterocycles. The van der Waals surface area contributed by atoms with E-state index in [0.717, 1.165) is 0 Å². The van der Waals surface area contributed by atoms with Crippen LogP contribution in [0.4, 0.5) is 13.2 Å². The SMILES string of the molecule is COc1ccc(P(c2ccc(OC)cc2F)c2ccc(OC)cc2F)c(F)c1. The van der Waals surface area contributed by atoms with Crippen molar-refractivity contribution in [1.29, 1.82) is 0 Å². The van der Waals surface area contributed by atoms with E-state index in [0.29, 0.717) is 17.2 Å². The zero-order valence-electron chi connectivity index (χ0n) is 15.5. The lowest BCUT2D eigenvalue weighted by molar-refractivity contribution is 0.411. The molecule has 0 aliphatic carbocycles. The molecular formula is C21H18F3O3P. The molecule has 0 heterocycles. The fourth-order valence-corrected chi connectivity index (χ4v) is 5.06. The number of benzene rings is 3. The molecule has 28 heavy (non-hydrogen) atoms. The molecular weight excluding hydrogens is 388 g/mol. The molecule has 3 rings (SSSR count).